The van der Waals surface area contributed by atoms with E-state index < -0.39 is 0 Å². The van der Waals surface area contributed by atoms with Crippen molar-refractivity contribution in [2.45, 2.75) is 24.8 Å². The molecule has 1 fully saturated rings. The highest BCUT2D eigenvalue weighted by Gasteiger charge is 2.20. The molecule has 3 aromatic rings. The fraction of sp³-hybridized carbons (Fsp3) is 0.364. The molecule has 2 aromatic carbocycles. The Morgan fingerprint density at radius 2 is 2.00 bits per heavy atom. The number of carbonyl (C=O) groups is 1. The summed E-state index contributed by atoms with van der Waals surface area (Å²) in [5.41, 5.74) is 1.13. The molecule has 0 saturated carbocycles. The van der Waals surface area contributed by atoms with Crippen LogP contribution < -0.4 is 0 Å². The van der Waals surface area contributed by atoms with Gasteiger partial charge in [-0.25, -0.2) is 4.98 Å². The average molecular weight is 446 g/mol. The van der Waals surface area contributed by atoms with Crippen molar-refractivity contribution in [3.05, 3.63) is 57.5 Å². The summed E-state index contributed by atoms with van der Waals surface area (Å²) in [6.45, 7) is 6.41. The number of aromatic nitrogens is 1. The van der Waals surface area contributed by atoms with Gasteiger partial charge in [0.05, 0.1) is 16.5 Å². The Morgan fingerprint density at radius 1 is 1.17 bits per heavy atom. The van der Waals surface area contributed by atoms with Gasteiger partial charge in [-0.1, -0.05) is 35.9 Å². The van der Waals surface area contributed by atoms with Crippen LogP contribution in [0.25, 0.3) is 10.8 Å². The molecule has 2 heterocycles. The number of thioether (sulfide) groups is 1. The normalized spacial score (nSPS) is 15.6. The molecule has 29 heavy (non-hydrogen) atoms. The number of hydrogen-bond donors (Lipinski definition) is 0. The minimum Gasteiger partial charge on any atom is -0.341 e. The molecule has 1 amide bonds. The van der Waals surface area contributed by atoms with Crippen LogP contribution >= 0.6 is 34.7 Å². The molecule has 0 bridgehead atoms. The molecular formula is C22H24ClN3OS2. The fourth-order valence-corrected chi connectivity index (χ4v) is 5.65. The topological polar surface area (TPSA) is 36.4 Å². The van der Waals surface area contributed by atoms with Gasteiger partial charge in [0.25, 0.3) is 0 Å². The van der Waals surface area contributed by atoms with Crippen LogP contribution in [0.15, 0.2) is 46.7 Å². The predicted molar refractivity (Wildman–Crippen MR) is 123 cm³/mol. The maximum Gasteiger partial charge on any atom is 0.232 e. The van der Waals surface area contributed by atoms with Crippen molar-refractivity contribution in [2.75, 3.05) is 31.9 Å². The van der Waals surface area contributed by atoms with Crippen molar-refractivity contribution in [3.8, 4) is 0 Å². The van der Waals surface area contributed by atoms with Crippen LogP contribution in [0.2, 0.25) is 5.02 Å². The average Bonchev–Trinajstić information content (AvgIpc) is 2.98. The second-order valence-electron chi connectivity index (χ2n) is 7.25. The van der Waals surface area contributed by atoms with Gasteiger partial charge >= 0.3 is 0 Å². The van der Waals surface area contributed by atoms with Gasteiger partial charge in [0.15, 0.2) is 0 Å². The second kappa shape index (κ2) is 9.47. The zero-order valence-electron chi connectivity index (χ0n) is 16.4. The van der Waals surface area contributed by atoms with Gasteiger partial charge in [-0.05, 0) is 30.9 Å². The quantitative estimate of drug-likeness (QED) is 0.513. The highest BCUT2D eigenvalue weighted by atomic mass is 35.5. The number of carbonyl (C=O) groups excluding carboxylic acids is 1. The maximum absolute atomic E-state index is 12.9. The number of hydrogen-bond acceptors (Lipinski definition) is 5. The van der Waals surface area contributed by atoms with Crippen LogP contribution in [0.1, 0.15) is 17.1 Å². The summed E-state index contributed by atoms with van der Waals surface area (Å²) >= 11 is 9.69. The van der Waals surface area contributed by atoms with Gasteiger partial charge in [-0.2, -0.15) is 0 Å². The molecule has 4 nitrogen and oxygen atoms in total. The van der Waals surface area contributed by atoms with Crippen LogP contribution in [-0.4, -0.2) is 52.6 Å². The lowest BCUT2D eigenvalue weighted by atomic mass is 10.1. The molecule has 0 atom stereocenters. The highest BCUT2D eigenvalue weighted by Crippen LogP contribution is 2.33. The van der Waals surface area contributed by atoms with E-state index in [1.807, 2.05) is 36.1 Å². The molecule has 1 aromatic heterocycles. The summed E-state index contributed by atoms with van der Waals surface area (Å²) in [6, 6.07) is 12.0. The number of rotatable bonds is 5. The first-order chi connectivity index (χ1) is 14.1. The van der Waals surface area contributed by atoms with Gasteiger partial charge in [-0.3, -0.25) is 9.69 Å². The summed E-state index contributed by atoms with van der Waals surface area (Å²) in [5.74, 6) is 0.640. The third-order valence-corrected chi connectivity index (χ3v) is 7.34. The van der Waals surface area contributed by atoms with Gasteiger partial charge < -0.3 is 4.90 Å². The second-order valence-corrected chi connectivity index (χ2v) is 9.74. The Bertz CT molecular complexity index is 1000. The molecule has 4 rings (SSSR count). The Balaban J connectivity index is 1.35. The van der Waals surface area contributed by atoms with Crippen molar-refractivity contribution < 1.29 is 4.79 Å². The summed E-state index contributed by atoms with van der Waals surface area (Å²) in [7, 11) is 0. The van der Waals surface area contributed by atoms with Gasteiger partial charge in [0, 0.05) is 53.4 Å². The molecule has 1 saturated heterocycles. The summed E-state index contributed by atoms with van der Waals surface area (Å²) < 4.78 is 0. The minimum absolute atomic E-state index is 0.199. The Morgan fingerprint density at radius 3 is 2.79 bits per heavy atom. The van der Waals surface area contributed by atoms with Crippen molar-refractivity contribution >= 4 is 51.4 Å². The van der Waals surface area contributed by atoms with E-state index in [0.29, 0.717) is 5.75 Å². The number of fused-ring (bicyclic) bond motifs is 1. The van der Waals surface area contributed by atoms with Crippen LogP contribution in [0.4, 0.5) is 0 Å². The number of nitrogens with zero attached hydrogens (tertiary/aromatic N) is 3. The van der Waals surface area contributed by atoms with E-state index in [1.54, 1.807) is 23.1 Å². The van der Waals surface area contributed by atoms with E-state index in [2.05, 4.69) is 27.4 Å². The summed E-state index contributed by atoms with van der Waals surface area (Å²) in [5, 5.41) is 6.13. The number of thiazole rings is 1. The molecule has 0 aliphatic carbocycles. The summed E-state index contributed by atoms with van der Waals surface area (Å²) in [6.07, 6.45) is 1.000. The molecular weight excluding hydrogens is 422 g/mol. The number of benzene rings is 2. The van der Waals surface area contributed by atoms with Gasteiger partial charge in [0.2, 0.25) is 5.91 Å². The first-order valence-electron chi connectivity index (χ1n) is 9.81. The first kappa shape index (κ1) is 20.7. The Hall–Kier alpha value is -1.60. The van der Waals surface area contributed by atoms with E-state index in [4.69, 9.17) is 11.6 Å². The molecule has 0 N–H and O–H groups in total. The molecule has 152 valence electrons. The Kier molecular flexibility index (Phi) is 6.75. The maximum atomic E-state index is 12.9. The highest BCUT2D eigenvalue weighted by molar-refractivity contribution is 8.00. The zero-order chi connectivity index (χ0) is 20.2. The van der Waals surface area contributed by atoms with Crippen molar-refractivity contribution in [2.24, 2.45) is 0 Å². The van der Waals surface area contributed by atoms with Crippen molar-refractivity contribution in [1.82, 2.24) is 14.8 Å². The smallest absolute Gasteiger partial charge is 0.232 e. The third kappa shape index (κ3) is 5.12. The number of halogens is 1. The SMILES string of the molecule is Cc1nc(CN2CCCN(C(=O)CSc3cccc4cccc(Cl)c34)CC2)cs1. The lowest BCUT2D eigenvalue weighted by molar-refractivity contribution is -0.128. The standard InChI is InChI=1S/C22H24ClN3OS2/c1-16-24-18(14-28-16)13-25-9-4-10-26(12-11-25)21(27)15-29-20-8-3-6-17-5-2-7-19(23)22(17)20/h2-3,5-8,14H,4,9-13,15H2,1H3. The summed E-state index contributed by atoms with van der Waals surface area (Å²) in [4.78, 5) is 22.9. The molecule has 1 aliphatic rings. The van der Waals surface area contributed by atoms with Gasteiger partial charge in [0.1, 0.15) is 0 Å². The monoisotopic (exact) mass is 445 g/mol. The fourth-order valence-electron chi connectivity index (χ4n) is 3.70. The number of amides is 1. The zero-order valence-corrected chi connectivity index (χ0v) is 18.8. The number of aryl methyl sites for hydroxylation is 1. The minimum atomic E-state index is 0.199. The predicted octanol–water partition coefficient (Wildman–Crippen LogP) is 5.08. The molecule has 0 unspecified atom stereocenters. The third-order valence-electron chi connectivity index (χ3n) is 5.16. The van der Waals surface area contributed by atoms with E-state index in [9.17, 15) is 4.79 Å². The van der Waals surface area contributed by atoms with E-state index in [1.165, 1.54) is 0 Å². The molecule has 0 radical (unpaired) electrons. The van der Waals surface area contributed by atoms with Crippen LogP contribution in [0.3, 0.4) is 0 Å². The molecule has 7 heteroatoms. The van der Waals surface area contributed by atoms with Crippen molar-refractivity contribution in [3.63, 3.8) is 0 Å². The molecule has 0 spiro atoms. The first-order valence-corrected chi connectivity index (χ1v) is 12.1. The van der Waals surface area contributed by atoms with E-state index >= 15 is 0 Å². The van der Waals surface area contributed by atoms with E-state index in [-0.39, 0.29) is 5.91 Å². The lowest BCUT2D eigenvalue weighted by Gasteiger charge is -2.21. The lowest BCUT2D eigenvalue weighted by Crippen LogP contribution is -2.36. The Labute approximate surface area is 184 Å². The van der Waals surface area contributed by atoms with Gasteiger partial charge in [-0.15, -0.1) is 23.1 Å². The van der Waals surface area contributed by atoms with Crippen LogP contribution in [0, 0.1) is 6.92 Å². The molecule has 1 aliphatic heterocycles. The van der Waals surface area contributed by atoms with Crippen LogP contribution in [-0.2, 0) is 11.3 Å². The van der Waals surface area contributed by atoms with Crippen molar-refractivity contribution in [1.29, 1.82) is 0 Å². The largest absolute Gasteiger partial charge is 0.341 e. The van der Waals surface area contributed by atoms with Crippen LogP contribution in [0.5, 0.6) is 0 Å². The van der Waals surface area contributed by atoms with E-state index in [0.717, 1.165) is 70.5 Å².